The van der Waals surface area contributed by atoms with Crippen LogP contribution < -0.4 is 0 Å². The molecule has 0 heterocycles. The highest BCUT2D eigenvalue weighted by atomic mass is 16.6. The van der Waals surface area contributed by atoms with Gasteiger partial charge in [-0.25, -0.2) is 0 Å². The summed E-state index contributed by atoms with van der Waals surface area (Å²) < 4.78 is 0. The van der Waals surface area contributed by atoms with Crippen LogP contribution in [0.25, 0.3) is 0 Å². The normalized spacial score (nSPS) is 20.2. The van der Waals surface area contributed by atoms with E-state index in [1.165, 1.54) is 0 Å². The summed E-state index contributed by atoms with van der Waals surface area (Å²) in [6, 6.07) is 20.1. The Balaban J connectivity index is 2.06. The van der Waals surface area contributed by atoms with Gasteiger partial charge >= 0.3 is 0 Å². The number of benzene rings is 2. The van der Waals surface area contributed by atoms with Crippen LogP contribution >= 0.6 is 0 Å². The van der Waals surface area contributed by atoms with Crippen molar-refractivity contribution in [3.63, 3.8) is 0 Å². The van der Waals surface area contributed by atoms with Gasteiger partial charge in [-0.1, -0.05) is 60.7 Å². The minimum Gasteiger partial charge on any atom is -0.299 e. The van der Waals surface area contributed by atoms with Crippen molar-refractivity contribution in [1.82, 2.24) is 0 Å². The lowest BCUT2D eigenvalue weighted by atomic mass is 9.62. The minimum absolute atomic E-state index is 0.0178. The van der Waals surface area contributed by atoms with Crippen molar-refractivity contribution in [3.05, 3.63) is 81.9 Å². The molecule has 0 radical (unpaired) electrons. The fourth-order valence-electron chi connectivity index (χ4n) is 3.73. The molecule has 118 valence electrons. The minimum atomic E-state index is -0.515. The molecule has 2 aromatic carbocycles. The molecule has 0 aliphatic heterocycles. The molecule has 0 amide bonds. The highest BCUT2D eigenvalue weighted by molar-refractivity contribution is 5.82. The maximum atomic E-state index is 12.2. The number of nitro groups is 1. The van der Waals surface area contributed by atoms with Gasteiger partial charge in [0.15, 0.2) is 0 Å². The fraction of sp³-hybridized carbons (Fsp3) is 0.316. The molecule has 0 saturated heterocycles. The van der Waals surface area contributed by atoms with Gasteiger partial charge in [0, 0.05) is 16.8 Å². The predicted octanol–water partition coefficient (Wildman–Crippen LogP) is 3.62. The van der Waals surface area contributed by atoms with Crippen LogP contribution in [0.3, 0.4) is 0 Å². The molecule has 0 aromatic heterocycles. The number of carbonyl (C=O) groups is 1. The number of rotatable bonds is 4. The van der Waals surface area contributed by atoms with E-state index < -0.39 is 5.92 Å². The number of Topliss-reactive ketones (excluding diaryl/α,β-unsaturated/α-hetero) is 1. The molecule has 4 heteroatoms. The van der Waals surface area contributed by atoms with Gasteiger partial charge in [0.05, 0.1) is 5.92 Å². The van der Waals surface area contributed by atoms with Crippen LogP contribution in [0.4, 0.5) is 0 Å². The molecule has 0 bridgehead atoms. The molecule has 1 saturated carbocycles. The quantitative estimate of drug-likeness (QED) is 0.640. The number of carbonyl (C=O) groups excluding carboxylic acids is 1. The third kappa shape index (κ3) is 3.02. The molecule has 2 aromatic rings. The average molecular weight is 309 g/mol. The molecule has 1 atom stereocenters. The Hall–Kier alpha value is -2.49. The largest absolute Gasteiger partial charge is 0.299 e. The van der Waals surface area contributed by atoms with Gasteiger partial charge in [0.1, 0.15) is 5.78 Å². The van der Waals surface area contributed by atoms with E-state index in [1.807, 2.05) is 36.4 Å². The Kier molecular flexibility index (Phi) is 4.24. The number of nitrogens with zero attached hydrogens (tertiary/aromatic N) is 1. The van der Waals surface area contributed by atoms with Crippen LogP contribution in [0.1, 0.15) is 30.4 Å². The van der Waals surface area contributed by atoms with Crippen molar-refractivity contribution in [2.24, 2.45) is 5.92 Å². The van der Waals surface area contributed by atoms with Crippen molar-refractivity contribution in [1.29, 1.82) is 0 Å². The average Bonchev–Trinajstić information content (AvgIpc) is 2.58. The zero-order valence-corrected chi connectivity index (χ0v) is 12.9. The van der Waals surface area contributed by atoms with Gasteiger partial charge in [-0.3, -0.25) is 14.9 Å². The maximum Gasteiger partial charge on any atom is 0.213 e. The second-order valence-corrected chi connectivity index (χ2v) is 6.20. The van der Waals surface area contributed by atoms with Gasteiger partial charge in [0.2, 0.25) is 6.54 Å². The summed E-state index contributed by atoms with van der Waals surface area (Å²) in [7, 11) is 0. The summed E-state index contributed by atoms with van der Waals surface area (Å²) in [5.74, 6) is -0.497. The first-order chi connectivity index (χ1) is 11.1. The van der Waals surface area contributed by atoms with Gasteiger partial charge < -0.3 is 0 Å². The molecule has 1 aliphatic carbocycles. The highest BCUT2D eigenvalue weighted by Crippen LogP contribution is 2.45. The Morgan fingerprint density at radius 1 is 1.00 bits per heavy atom. The standard InChI is InChI=1S/C19H19NO3/c21-18-11-12-19(13-15(18)14-20(22)23,16-7-3-1-4-8-16)17-9-5-2-6-10-17/h1-10,15H,11-14H2. The lowest BCUT2D eigenvalue weighted by Crippen LogP contribution is -2.41. The van der Waals surface area contributed by atoms with E-state index in [2.05, 4.69) is 24.3 Å². The third-order valence-electron chi connectivity index (χ3n) is 4.87. The van der Waals surface area contributed by atoms with Gasteiger partial charge in [-0.2, -0.15) is 0 Å². The van der Waals surface area contributed by atoms with Crippen LogP contribution in [0.5, 0.6) is 0 Å². The lowest BCUT2D eigenvalue weighted by molar-refractivity contribution is -0.486. The first-order valence-electron chi connectivity index (χ1n) is 7.87. The Bertz CT molecular complexity index is 658. The zero-order chi connectivity index (χ0) is 16.3. The van der Waals surface area contributed by atoms with Crippen LogP contribution in [-0.2, 0) is 10.2 Å². The van der Waals surface area contributed by atoms with Crippen molar-refractivity contribution in [2.75, 3.05) is 6.54 Å². The number of ketones is 1. The van der Waals surface area contributed by atoms with E-state index >= 15 is 0 Å². The third-order valence-corrected chi connectivity index (χ3v) is 4.87. The lowest BCUT2D eigenvalue weighted by Gasteiger charge is -2.40. The van der Waals surface area contributed by atoms with E-state index in [0.717, 1.165) is 11.1 Å². The second-order valence-electron chi connectivity index (χ2n) is 6.20. The molecule has 4 nitrogen and oxygen atoms in total. The maximum absolute atomic E-state index is 12.2. The summed E-state index contributed by atoms with van der Waals surface area (Å²) in [4.78, 5) is 22.8. The zero-order valence-electron chi connectivity index (χ0n) is 12.9. The van der Waals surface area contributed by atoms with Gasteiger partial charge in [-0.05, 0) is 24.0 Å². The summed E-state index contributed by atoms with van der Waals surface area (Å²) in [6.07, 6.45) is 1.59. The first-order valence-corrected chi connectivity index (χ1v) is 7.87. The van der Waals surface area contributed by atoms with E-state index in [0.29, 0.717) is 19.3 Å². The summed E-state index contributed by atoms with van der Waals surface area (Å²) in [5.41, 5.74) is 1.94. The molecule has 0 N–H and O–H groups in total. The van der Waals surface area contributed by atoms with Crippen molar-refractivity contribution in [2.45, 2.75) is 24.7 Å². The van der Waals surface area contributed by atoms with E-state index in [1.54, 1.807) is 0 Å². The molecule has 1 unspecified atom stereocenters. The van der Waals surface area contributed by atoms with E-state index in [9.17, 15) is 14.9 Å². The van der Waals surface area contributed by atoms with Gasteiger partial charge in [-0.15, -0.1) is 0 Å². The summed E-state index contributed by atoms with van der Waals surface area (Å²) in [6.45, 7) is -0.278. The molecule has 1 aliphatic rings. The highest BCUT2D eigenvalue weighted by Gasteiger charge is 2.44. The van der Waals surface area contributed by atoms with Crippen molar-refractivity contribution >= 4 is 5.78 Å². The second kappa shape index (κ2) is 6.32. The van der Waals surface area contributed by atoms with E-state index in [-0.39, 0.29) is 22.7 Å². The van der Waals surface area contributed by atoms with Gasteiger partial charge in [0.25, 0.3) is 0 Å². The molecular weight excluding hydrogens is 290 g/mol. The van der Waals surface area contributed by atoms with Crippen LogP contribution in [-0.4, -0.2) is 17.3 Å². The molecule has 1 fully saturated rings. The van der Waals surface area contributed by atoms with Crippen molar-refractivity contribution < 1.29 is 9.72 Å². The molecule has 23 heavy (non-hydrogen) atoms. The van der Waals surface area contributed by atoms with Crippen LogP contribution in [0.15, 0.2) is 60.7 Å². The molecular formula is C19H19NO3. The number of hydrogen-bond donors (Lipinski definition) is 0. The molecule has 3 rings (SSSR count). The first kappa shape index (κ1) is 15.4. The Labute approximate surface area is 135 Å². The monoisotopic (exact) mass is 309 g/mol. The Morgan fingerprint density at radius 2 is 1.52 bits per heavy atom. The summed E-state index contributed by atoms with van der Waals surface area (Å²) in [5, 5.41) is 11.0. The SMILES string of the molecule is O=C1CCC(c2ccccc2)(c2ccccc2)CC1C[N+](=O)[O-]. The topological polar surface area (TPSA) is 60.2 Å². The Morgan fingerprint density at radius 3 is 2.00 bits per heavy atom. The van der Waals surface area contributed by atoms with Crippen LogP contribution in [0.2, 0.25) is 0 Å². The number of hydrogen-bond acceptors (Lipinski definition) is 3. The van der Waals surface area contributed by atoms with E-state index in [4.69, 9.17) is 0 Å². The summed E-state index contributed by atoms with van der Waals surface area (Å²) >= 11 is 0. The predicted molar refractivity (Wildman–Crippen MR) is 87.9 cm³/mol. The fourth-order valence-corrected chi connectivity index (χ4v) is 3.73. The smallest absolute Gasteiger partial charge is 0.213 e. The van der Waals surface area contributed by atoms with Crippen LogP contribution in [0, 0.1) is 16.0 Å². The van der Waals surface area contributed by atoms with Crippen molar-refractivity contribution in [3.8, 4) is 0 Å². The molecule has 0 spiro atoms.